The molecular weight excluding hydrogens is 266 g/mol. The summed E-state index contributed by atoms with van der Waals surface area (Å²) in [7, 11) is 0. The third-order valence-corrected chi connectivity index (χ3v) is 3.53. The van der Waals surface area contributed by atoms with Gasteiger partial charge in [-0.05, 0) is 41.8 Å². The summed E-state index contributed by atoms with van der Waals surface area (Å²) >= 11 is 0. The van der Waals surface area contributed by atoms with Crippen molar-refractivity contribution < 1.29 is 14.7 Å². The summed E-state index contributed by atoms with van der Waals surface area (Å²) < 4.78 is 0. The van der Waals surface area contributed by atoms with Crippen LogP contribution in [-0.2, 0) is 4.79 Å². The van der Waals surface area contributed by atoms with Crippen molar-refractivity contribution >= 4 is 16.7 Å². The number of carboxylic acid groups (broad SMARTS) is 1. The van der Waals surface area contributed by atoms with E-state index in [4.69, 9.17) is 9.94 Å². The molecule has 0 saturated carbocycles. The second kappa shape index (κ2) is 7.09. The molecule has 0 amide bonds. The minimum absolute atomic E-state index is 0.499. The number of benzene rings is 2. The van der Waals surface area contributed by atoms with Crippen LogP contribution >= 0.6 is 0 Å². The van der Waals surface area contributed by atoms with Crippen LogP contribution in [0.1, 0.15) is 38.2 Å². The van der Waals surface area contributed by atoms with E-state index in [2.05, 4.69) is 12.4 Å². The molecule has 0 saturated heterocycles. The Morgan fingerprint density at radius 1 is 1.24 bits per heavy atom. The Kier molecular flexibility index (Phi) is 5.17. The molecule has 112 valence electrons. The maximum absolute atomic E-state index is 11.0. The zero-order valence-corrected chi connectivity index (χ0v) is 12.4. The van der Waals surface area contributed by atoms with Gasteiger partial charge < -0.3 is 9.94 Å². The molecule has 0 aromatic heterocycles. The molecule has 0 fully saturated rings. The Morgan fingerprint density at radius 2 is 1.95 bits per heavy atom. The molecule has 0 aliphatic heterocycles. The first-order valence-electron chi connectivity index (χ1n) is 7.28. The minimum Gasteiger partial charge on any atom is -0.481 e. The van der Waals surface area contributed by atoms with Crippen LogP contribution in [0, 0.1) is 0 Å². The first-order valence-corrected chi connectivity index (χ1v) is 7.28. The van der Waals surface area contributed by atoms with E-state index in [0.717, 1.165) is 41.5 Å². The average Bonchev–Trinajstić information content (AvgIpc) is 2.50. The fourth-order valence-electron chi connectivity index (χ4n) is 2.10. The third-order valence-electron chi connectivity index (χ3n) is 3.53. The number of rotatable bonds is 7. The molecule has 0 heterocycles. The van der Waals surface area contributed by atoms with E-state index in [0.29, 0.717) is 0 Å². The predicted molar refractivity (Wildman–Crippen MR) is 83.5 cm³/mol. The summed E-state index contributed by atoms with van der Waals surface area (Å²) in [6.45, 7) is 4.65. The molecule has 4 nitrogen and oxygen atoms in total. The lowest BCUT2D eigenvalue weighted by Crippen LogP contribution is -2.19. The molecule has 21 heavy (non-hydrogen) atoms. The second-order valence-corrected chi connectivity index (χ2v) is 5.18. The van der Waals surface area contributed by atoms with Crippen molar-refractivity contribution in [3.63, 3.8) is 0 Å². The Bertz CT molecular complexity index is 624. The number of aliphatic carboxylic acids is 1. The van der Waals surface area contributed by atoms with Crippen LogP contribution in [0.5, 0.6) is 5.75 Å². The van der Waals surface area contributed by atoms with Gasteiger partial charge in [0.25, 0.3) is 0 Å². The fourth-order valence-corrected chi connectivity index (χ4v) is 2.10. The van der Waals surface area contributed by atoms with Gasteiger partial charge in [-0.3, -0.25) is 4.79 Å². The number of unbranched alkanes of at least 4 members (excludes halogenated alkanes) is 1. The largest absolute Gasteiger partial charge is 0.481 e. The van der Waals surface area contributed by atoms with E-state index in [-0.39, 0.29) is 0 Å². The monoisotopic (exact) mass is 287 g/mol. The van der Waals surface area contributed by atoms with Gasteiger partial charge in [-0.2, -0.15) is 5.48 Å². The summed E-state index contributed by atoms with van der Waals surface area (Å²) in [5.41, 5.74) is 3.74. The quantitative estimate of drug-likeness (QED) is 0.602. The van der Waals surface area contributed by atoms with E-state index in [1.165, 1.54) is 0 Å². The lowest BCUT2D eigenvalue weighted by atomic mass is 9.98. The van der Waals surface area contributed by atoms with Crippen molar-refractivity contribution in [2.24, 2.45) is 0 Å². The third kappa shape index (κ3) is 3.95. The molecule has 0 bridgehead atoms. The molecular formula is C17H21NO3. The Hall–Kier alpha value is -2.07. The van der Waals surface area contributed by atoms with Gasteiger partial charge >= 0.3 is 5.97 Å². The SMILES string of the molecule is CCCCNOc1ccc2cc([C@H](C)C(=O)O)ccc2c1. The highest BCUT2D eigenvalue weighted by atomic mass is 16.6. The molecule has 0 unspecified atom stereocenters. The molecule has 0 spiro atoms. The number of carbonyl (C=O) groups is 1. The van der Waals surface area contributed by atoms with Crippen molar-refractivity contribution in [1.82, 2.24) is 5.48 Å². The van der Waals surface area contributed by atoms with Gasteiger partial charge in [0.2, 0.25) is 0 Å². The molecule has 0 radical (unpaired) electrons. The molecule has 0 aliphatic carbocycles. The van der Waals surface area contributed by atoms with E-state index in [9.17, 15) is 4.79 Å². The first kappa shape index (κ1) is 15.3. The van der Waals surface area contributed by atoms with Crippen LogP contribution in [0.25, 0.3) is 10.8 Å². The summed E-state index contributed by atoms with van der Waals surface area (Å²) in [5, 5.41) is 11.1. The minimum atomic E-state index is -0.811. The summed E-state index contributed by atoms with van der Waals surface area (Å²) in [6, 6.07) is 11.5. The Balaban J connectivity index is 2.14. The standard InChI is InChI=1S/C17H21NO3/c1-3-4-9-18-21-16-8-7-14-10-13(12(2)17(19)20)5-6-15(14)11-16/h5-8,10-12,18H,3-4,9H2,1-2H3,(H,19,20)/t12-/m0/s1. The highest BCUT2D eigenvalue weighted by Gasteiger charge is 2.13. The van der Waals surface area contributed by atoms with Crippen LogP contribution < -0.4 is 10.3 Å². The summed E-state index contributed by atoms with van der Waals surface area (Å²) in [6.07, 6.45) is 2.20. The highest BCUT2D eigenvalue weighted by Crippen LogP contribution is 2.25. The Morgan fingerprint density at radius 3 is 2.67 bits per heavy atom. The maximum atomic E-state index is 11.0. The van der Waals surface area contributed by atoms with Gasteiger partial charge in [0.15, 0.2) is 0 Å². The van der Waals surface area contributed by atoms with Gasteiger partial charge in [0.1, 0.15) is 5.75 Å². The molecule has 2 rings (SSSR count). The van der Waals surface area contributed by atoms with Crippen molar-refractivity contribution in [2.45, 2.75) is 32.6 Å². The van der Waals surface area contributed by atoms with Crippen molar-refractivity contribution in [3.8, 4) is 5.75 Å². The summed E-state index contributed by atoms with van der Waals surface area (Å²) in [4.78, 5) is 16.5. The number of hydrogen-bond acceptors (Lipinski definition) is 3. The fraction of sp³-hybridized carbons (Fsp3) is 0.353. The number of carboxylic acids is 1. The molecule has 2 N–H and O–H groups in total. The molecule has 2 aromatic carbocycles. The van der Waals surface area contributed by atoms with E-state index >= 15 is 0 Å². The van der Waals surface area contributed by atoms with Gasteiger partial charge in [-0.25, -0.2) is 0 Å². The maximum Gasteiger partial charge on any atom is 0.310 e. The number of hydrogen-bond donors (Lipinski definition) is 2. The van der Waals surface area contributed by atoms with Crippen molar-refractivity contribution in [3.05, 3.63) is 42.0 Å². The van der Waals surface area contributed by atoms with Gasteiger partial charge in [0.05, 0.1) is 5.92 Å². The summed E-state index contributed by atoms with van der Waals surface area (Å²) in [5.74, 6) is -0.548. The van der Waals surface area contributed by atoms with Gasteiger partial charge in [-0.15, -0.1) is 0 Å². The average molecular weight is 287 g/mol. The van der Waals surface area contributed by atoms with E-state index in [1.54, 1.807) is 6.92 Å². The zero-order valence-electron chi connectivity index (χ0n) is 12.4. The lowest BCUT2D eigenvalue weighted by molar-refractivity contribution is -0.138. The van der Waals surface area contributed by atoms with Crippen LogP contribution in [0.2, 0.25) is 0 Å². The molecule has 0 aliphatic rings. The van der Waals surface area contributed by atoms with Crippen LogP contribution in [0.4, 0.5) is 0 Å². The smallest absolute Gasteiger partial charge is 0.310 e. The zero-order chi connectivity index (χ0) is 15.2. The number of hydroxylamine groups is 1. The van der Waals surface area contributed by atoms with Crippen molar-refractivity contribution in [1.29, 1.82) is 0 Å². The molecule has 1 atom stereocenters. The predicted octanol–water partition coefficient (Wildman–Crippen LogP) is 3.71. The topological polar surface area (TPSA) is 58.6 Å². The lowest BCUT2D eigenvalue weighted by Gasteiger charge is -2.10. The van der Waals surface area contributed by atoms with Crippen molar-refractivity contribution in [2.75, 3.05) is 6.54 Å². The van der Waals surface area contributed by atoms with Gasteiger partial charge in [-0.1, -0.05) is 37.6 Å². The highest BCUT2D eigenvalue weighted by molar-refractivity contribution is 5.86. The van der Waals surface area contributed by atoms with Crippen LogP contribution in [0.3, 0.4) is 0 Å². The van der Waals surface area contributed by atoms with Gasteiger partial charge in [0, 0.05) is 6.54 Å². The van der Waals surface area contributed by atoms with E-state index in [1.807, 2.05) is 36.4 Å². The number of fused-ring (bicyclic) bond motifs is 1. The van der Waals surface area contributed by atoms with E-state index < -0.39 is 11.9 Å². The number of nitrogens with one attached hydrogen (secondary N) is 1. The molecule has 4 heteroatoms. The Labute approximate surface area is 124 Å². The normalized spacial score (nSPS) is 12.3. The van der Waals surface area contributed by atoms with Crippen LogP contribution in [-0.4, -0.2) is 17.6 Å². The van der Waals surface area contributed by atoms with Crippen LogP contribution in [0.15, 0.2) is 36.4 Å². The second-order valence-electron chi connectivity index (χ2n) is 5.18. The first-order chi connectivity index (χ1) is 10.1. The molecule has 2 aromatic rings.